The van der Waals surface area contributed by atoms with E-state index in [1.54, 1.807) is 12.1 Å². The van der Waals surface area contributed by atoms with Gasteiger partial charge in [0.1, 0.15) is 0 Å². The van der Waals surface area contributed by atoms with Crippen molar-refractivity contribution in [2.75, 3.05) is 5.23 Å². The van der Waals surface area contributed by atoms with Gasteiger partial charge >= 0.3 is 63.5 Å². The molecule has 0 N–H and O–H groups in total. The maximum atomic E-state index is 10.3. The van der Waals surface area contributed by atoms with Crippen molar-refractivity contribution in [3.63, 3.8) is 0 Å². The number of hydrogen-bond acceptors (Lipinski definition) is 3. The maximum absolute atomic E-state index is 10.3. The normalized spacial score (nSPS) is 9.09. The summed E-state index contributed by atoms with van der Waals surface area (Å²) in [5.74, 6) is 1.99. The third kappa shape index (κ3) is 1.59. The van der Waals surface area contributed by atoms with E-state index in [9.17, 15) is 10.4 Å². The average molecular weight is 146 g/mol. The van der Waals surface area contributed by atoms with Crippen LogP contribution in [0.2, 0.25) is 0 Å². The number of hydrogen-bond donors (Lipinski definition) is 0. The van der Waals surface area contributed by atoms with Crippen molar-refractivity contribution < 1.29 is 0 Å². The molecular formula is C8H4NO2-. The van der Waals surface area contributed by atoms with Crippen molar-refractivity contribution >= 4 is 5.69 Å². The Balaban J connectivity index is 3.15. The van der Waals surface area contributed by atoms with E-state index in [0.29, 0.717) is 0 Å². The molecule has 1 aromatic rings. The van der Waals surface area contributed by atoms with Crippen molar-refractivity contribution in [2.24, 2.45) is 0 Å². The van der Waals surface area contributed by atoms with Gasteiger partial charge in [-0.1, -0.05) is 0 Å². The zero-order chi connectivity index (χ0) is 8.27. The standard InChI is InChI=1S/C8H4NO2/c1-2-7-5-3-4-6-8(7)9(10)11/h3-6H/q-1. The number of benzene rings is 1. The van der Waals surface area contributed by atoms with E-state index in [1.165, 1.54) is 12.1 Å². The quantitative estimate of drug-likeness (QED) is 0.342. The molecule has 3 heteroatoms. The Morgan fingerprint density at radius 2 is 1.91 bits per heavy atom. The second-order valence-electron chi connectivity index (χ2n) is 1.90. The second kappa shape index (κ2) is 3.21. The summed E-state index contributed by atoms with van der Waals surface area (Å²) in [7, 11) is 0. The summed E-state index contributed by atoms with van der Waals surface area (Å²) in [6, 6.07) is 6.00. The first-order valence-corrected chi connectivity index (χ1v) is 2.92. The van der Waals surface area contributed by atoms with E-state index < -0.39 is 5.23 Å². The van der Waals surface area contributed by atoms with Crippen molar-refractivity contribution in [3.8, 4) is 5.92 Å². The molecule has 0 radical (unpaired) electrons. The first-order valence-electron chi connectivity index (χ1n) is 2.92. The molecule has 11 heavy (non-hydrogen) atoms. The van der Waals surface area contributed by atoms with Gasteiger partial charge in [-0.15, -0.1) is 0 Å². The Hall–Kier alpha value is -1.28. The van der Waals surface area contributed by atoms with E-state index in [4.69, 9.17) is 6.42 Å². The summed E-state index contributed by atoms with van der Waals surface area (Å²) in [5.41, 5.74) is 0.125. The van der Waals surface area contributed by atoms with Gasteiger partial charge in [-0.2, -0.15) is 0 Å². The molecule has 3 nitrogen and oxygen atoms in total. The molecule has 0 unspecified atom stereocenters. The summed E-state index contributed by atoms with van der Waals surface area (Å²) in [4.78, 5) is 0. The van der Waals surface area contributed by atoms with Crippen LogP contribution < -0.4 is 5.23 Å². The van der Waals surface area contributed by atoms with Gasteiger partial charge in [0.15, 0.2) is 0 Å². The number of anilines is 1. The van der Waals surface area contributed by atoms with Crippen LogP contribution >= 0.6 is 0 Å². The number of rotatable bonds is 1. The Morgan fingerprint density at radius 3 is 2.36 bits per heavy atom. The molecule has 1 rings (SSSR count). The van der Waals surface area contributed by atoms with Crippen LogP contribution in [-0.4, -0.2) is 0 Å². The SMILES string of the molecule is [C+]#Cc1ccccc1N([O-])[O-]. The fourth-order valence-corrected chi connectivity index (χ4v) is 0.739. The predicted octanol–water partition coefficient (Wildman–Crippen LogP) is 1.43. The zero-order valence-corrected chi connectivity index (χ0v) is 5.57. The van der Waals surface area contributed by atoms with E-state index in [1.807, 2.05) is 5.92 Å². The molecule has 0 spiro atoms. The molecule has 0 fully saturated rings. The zero-order valence-electron chi connectivity index (χ0n) is 5.57. The Labute approximate surface area is 64.4 Å². The first kappa shape index (κ1) is 7.82. The van der Waals surface area contributed by atoms with Crippen LogP contribution in [0.1, 0.15) is 5.56 Å². The van der Waals surface area contributed by atoms with Gasteiger partial charge in [0.25, 0.3) is 0 Å². The molecule has 0 aliphatic carbocycles. The summed E-state index contributed by atoms with van der Waals surface area (Å²) in [6.45, 7) is 0. The van der Waals surface area contributed by atoms with Crippen LogP contribution in [-0.2, 0) is 0 Å². The minimum atomic E-state index is -0.531. The van der Waals surface area contributed by atoms with Gasteiger partial charge in [0, 0.05) is 0 Å². The molecule has 0 amide bonds. The average Bonchev–Trinajstić information content (AvgIpc) is 2.04. The molecule has 54 valence electrons. The summed E-state index contributed by atoms with van der Waals surface area (Å²) in [5, 5.41) is 20.0. The number of para-hydroxylation sites is 1. The topological polar surface area (TPSA) is 49.4 Å². The van der Waals surface area contributed by atoms with Crippen molar-refractivity contribution in [1.82, 2.24) is 0 Å². The summed E-state index contributed by atoms with van der Waals surface area (Å²) in [6.07, 6.45) is 6.72. The van der Waals surface area contributed by atoms with Crippen molar-refractivity contribution in [1.29, 1.82) is 0 Å². The fraction of sp³-hybridized carbons (Fsp3) is 0. The van der Waals surface area contributed by atoms with Crippen LogP contribution in [0.4, 0.5) is 5.69 Å². The fourth-order valence-electron chi connectivity index (χ4n) is 0.739. The minimum absolute atomic E-state index is 0.0810. The monoisotopic (exact) mass is 146 g/mol. The molecule has 0 saturated carbocycles. The predicted molar refractivity (Wildman–Crippen MR) is 41.9 cm³/mol. The van der Waals surface area contributed by atoms with E-state index in [0.717, 1.165) is 0 Å². The van der Waals surface area contributed by atoms with E-state index in [2.05, 4.69) is 0 Å². The Kier molecular flexibility index (Phi) is 2.28. The molecule has 1 aromatic carbocycles. The summed E-state index contributed by atoms with van der Waals surface area (Å²) >= 11 is 0. The van der Waals surface area contributed by atoms with E-state index >= 15 is 0 Å². The summed E-state index contributed by atoms with van der Waals surface area (Å²) < 4.78 is 0. The molecule has 0 aromatic heterocycles. The van der Waals surface area contributed by atoms with E-state index in [-0.39, 0.29) is 11.3 Å². The third-order valence-corrected chi connectivity index (χ3v) is 1.24. The molecule has 0 heterocycles. The van der Waals surface area contributed by atoms with Crippen LogP contribution in [0.5, 0.6) is 0 Å². The van der Waals surface area contributed by atoms with Crippen LogP contribution in [0.25, 0.3) is 0 Å². The Morgan fingerprint density at radius 1 is 1.27 bits per heavy atom. The molecule has 0 saturated heterocycles. The van der Waals surface area contributed by atoms with Crippen LogP contribution in [0, 0.1) is 22.8 Å². The van der Waals surface area contributed by atoms with Crippen molar-refractivity contribution in [2.45, 2.75) is 0 Å². The van der Waals surface area contributed by atoms with Crippen molar-refractivity contribution in [3.05, 3.63) is 46.7 Å². The van der Waals surface area contributed by atoms with Crippen LogP contribution in [0.15, 0.2) is 24.3 Å². The van der Waals surface area contributed by atoms with Gasteiger partial charge in [-0.25, -0.2) is 0 Å². The molecular weight excluding hydrogens is 142 g/mol. The van der Waals surface area contributed by atoms with Gasteiger partial charge in [-0.3, -0.25) is 0 Å². The molecule has 0 aliphatic heterocycles. The van der Waals surface area contributed by atoms with Gasteiger partial charge < -0.3 is 0 Å². The molecule has 0 atom stereocenters. The van der Waals surface area contributed by atoms with Crippen LogP contribution in [0.3, 0.4) is 0 Å². The Bertz CT molecular complexity index is 288. The first-order chi connectivity index (χ1) is 5.25. The second-order valence-corrected chi connectivity index (χ2v) is 1.90. The van der Waals surface area contributed by atoms with Gasteiger partial charge in [-0.05, 0) is 0 Å². The molecule has 0 bridgehead atoms. The van der Waals surface area contributed by atoms with Gasteiger partial charge in [0.2, 0.25) is 0 Å². The molecule has 0 aliphatic rings. The van der Waals surface area contributed by atoms with Gasteiger partial charge in [0.05, 0.1) is 0 Å². The third-order valence-electron chi connectivity index (χ3n) is 1.24. The number of nitrogens with zero attached hydrogens (tertiary/aromatic N) is 1.